The fraction of sp³-hybridized carbons (Fsp3) is 0.400. The van der Waals surface area contributed by atoms with Gasteiger partial charge in [-0.3, -0.25) is 0 Å². The summed E-state index contributed by atoms with van der Waals surface area (Å²) in [5, 5.41) is 0. The van der Waals surface area contributed by atoms with Crippen molar-refractivity contribution in [1.29, 1.82) is 0 Å². The topological polar surface area (TPSA) is 47.1 Å². The number of anilines is 1. The largest absolute Gasteiger partial charge is 0.365 e. The molecule has 2 rings (SSSR count). The van der Waals surface area contributed by atoms with Crippen LogP contribution in [0, 0.1) is 0 Å². The molecule has 4 heteroatoms. The first-order valence-corrected chi connectivity index (χ1v) is 6.65. The van der Waals surface area contributed by atoms with E-state index in [0.717, 1.165) is 12.1 Å². The molecule has 0 aliphatic heterocycles. The summed E-state index contributed by atoms with van der Waals surface area (Å²) in [5.74, 6) is 0. The zero-order valence-corrected chi connectivity index (χ0v) is 11.9. The van der Waals surface area contributed by atoms with E-state index in [0.29, 0.717) is 6.54 Å². The molecule has 0 fully saturated rings. The monoisotopic (exact) mass is 258 g/mol. The smallest absolute Gasteiger partial charge is 0.0946 e. The van der Waals surface area contributed by atoms with Crippen LogP contribution in [0.4, 0.5) is 5.69 Å². The Morgan fingerprint density at radius 3 is 2.47 bits per heavy atom. The lowest BCUT2D eigenvalue weighted by molar-refractivity contribution is 0.629. The lowest BCUT2D eigenvalue weighted by Gasteiger charge is -2.29. The summed E-state index contributed by atoms with van der Waals surface area (Å²) in [6.07, 6.45) is 4.76. The van der Waals surface area contributed by atoms with E-state index >= 15 is 0 Å². The van der Waals surface area contributed by atoms with Gasteiger partial charge in [0.15, 0.2) is 0 Å². The molecule has 102 valence electrons. The van der Waals surface area contributed by atoms with Gasteiger partial charge in [-0.1, -0.05) is 19.1 Å². The number of nitrogens with zero attached hydrogens (tertiary/aromatic N) is 3. The molecule has 2 aromatic rings. The fourth-order valence-corrected chi connectivity index (χ4v) is 2.31. The summed E-state index contributed by atoms with van der Waals surface area (Å²) in [5.41, 5.74) is 9.60. The third-order valence-electron chi connectivity index (χ3n) is 3.64. The fourth-order valence-electron chi connectivity index (χ4n) is 2.31. The van der Waals surface area contributed by atoms with E-state index in [9.17, 15) is 0 Å². The summed E-state index contributed by atoms with van der Waals surface area (Å²) < 4.78 is 2.02. The van der Waals surface area contributed by atoms with Gasteiger partial charge in [0.2, 0.25) is 0 Å². The Bertz CT molecular complexity index is 515. The van der Waals surface area contributed by atoms with E-state index in [1.54, 1.807) is 0 Å². The van der Waals surface area contributed by atoms with Crippen LogP contribution in [0.2, 0.25) is 0 Å². The Morgan fingerprint density at radius 2 is 2.00 bits per heavy atom. The SMILES string of the molecule is CCc1ccc(N(C)C(CN)c2cncn2C)cc1. The maximum Gasteiger partial charge on any atom is 0.0946 e. The predicted molar refractivity (Wildman–Crippen MR) is 79.2 cm³/mol. The van der Waals surface area contributed by atoms with E-state index in [-0.39, 0.29) is 6.04 Å². The molecule has 0 bridgehead atoms. The Labute approximate surface area is 114 Å². The number of aromatic nitrogens is 2. The van der Waals surface area contributed by atoms with Gasteiger partial charge in [0, 0.05) is 26.3 Å². The molecular weight excluding hydrogens is 236 g/mol. The van der Waals surface area contributed by atoms with E-state index in [1.807, 2.05) is 24.1 Å². The molecule has 0 amide bonds. The Kier molecular flexibility index (Phi) is 4.22. The Hall–Kier alpha value is -1.81. The zero-order valence-electron chi connectivity index (χ0n) is 11.9. The molecule has 0 radical (unpaired) electrons. The van der Waals surface area contributed by atoms with Gasteiger partial charge in [-0.15, -0.1) is 0 Å². The first-order valence-electron chi connectivity index (χ1n) is 6.65. The number of rotatable bonds is 5. The number of benzene rings is 1. The van der Waals surface area contributed by atoms with Crippen molar-refractivity contribution in [3.63, 3.8) is 0 Å². The maximum absolute atomic E-state index is 5.94. The molecular formula is C15H22N4. The van der Waals surface area contributed by atoms with E-state index in [2.05, 4.69) is 48.1 Å². The second kappa shape index (κ2) is 5.89. The van der Waals surface area contributed by atoms with Crippen LogP contribution < -0.4 is 10.6 Å². The maximum atomic E-state index is 5.94. The van der Waals surface area contributed by atoms with Gasteiger partial charge in [0.1, 0.15) is 0 Å². The van der Waals surface area contributed by atoms with Crippen molar-refractivity contribution in [3.05, 3.63) is 48.0 Å². The molecule has 0 aliphatic carbocycles. The average molecular weight is 258 g/mol. The minimum atomic E-state index is 0.139. The molecule has 0 spiro atoms. The van der Waals surface area contributed by atoms with Crippen LogP contribution in [0.15, 0.2) is 36.8 Å². The first-order chi connectivity index (χ1) is 9.17. The number of nitrogens with two attached hydrogens (primary N) is 1. The molecule has 1 atom stereocenters. The normalized spacial score (nSPS) is 12.4. The summed E-state index contributed by atoms with van der Waals surface area (Å²) >= 11 is 0. The summed E-state index contributed by atoms with van der Waals surface area (Å²) in [6.45, 7) is 2.72. The minimum Gasteiger partial charge on any atom is -0.365 e. The molecule has 4 nitrogen and oxygen atoms in total. The van der Waals surface area contributed by atoms with Gasteiger partial charge >= 0.3 is 0 Å². The van der Waals surface area contributed by atoms with Crippen molar-refractivity contribution in [2.75, 3.05) is 18.5 Å². The lowest BCUT2D eigenvalue weighted by Crippen LogP contribution is -2.31. The summed E-state index contributed by atoms with van der Waals surface area (Å²) in [4.78, 5) is 6.38. The summed E-state index contributed by atoms with van der Waals surface area (Å²) in [7, 11) is 4.07. The highest BCUT2D eigenvalue weighted by atomic mass is 15.2. The Balaban J connectivity index is 2.25. The van der Waals surface area contributed by atoms with Crippen LogP contribution in [0.1, 0.15) is 24.2 Å². The van der Waals surface area contributed by atoms with Crippen LogP contribution in [0.5, 0.6) is 0 Å². The van der Waals surface area contributed by atoms with Gasteiger partial charge in [-0.25, -0.2) is 4.98 Å². The van der Waals surface area contributed by atoms with Crippen molar-refractivity contribution in [1.82, 2.24) is 9.55 Å². The van der Waals surface area contributed by atoms with E-state index in [4.69, 9.17) is 5.73 Å². The lowest BCUT2D eigenvalue weighted by atomic mass is 10.1. The first kappa shape index (κ1) is 13.6. The Morgan fingerprint density at radius 1 is 1.32 bits per heavy atom. The molecule has 0 saturated heterocycles. The third kappa shape index (κ3) is 2.79. The predicted octanol–water partition coefficient (Wildman–Crippen LogP) is 2.12. The van der Waals surface area contributed by atoms with Crippen LogP contribution in [0.3, 0.4) is 0 Å². The second-order valence-electron chi connectivity index (χ2n) is 4.81. The van der Waals surface area contributed by atoms with Gasteiger partial charge in [-0.05, 0) is 24.1 Å². The van der Waals surface area contributed by atoms with Crippen molar-refractivity contribution >= 4 is 5.69 Å². The molecule has 1 aromatic carbocycles. The number of likely N-dealkylation sites (N-methyl/N-ethyl adjacent to an activating group) is 1. The standard InChI is InChI=1S/C15H22N4/c1-4-12-5-7-13(8-6-12)19(3)14(9-16)15-10-17-11-18(15)2/h5-8,10-11,14H,4,9,16H2,1-3H3. The highest BCUT2D eigenvalue weighted by molar-refractivity contribution is 5.48. The molecule has 2 N–H and O–H groups in total. The van der Waals surface area contributed by atoms with E-state index < -0.39 is 0 Å². The molecule has 19 heavy (non-hydrogen) atoms. The number of hydrogen-bond acceptors (Lipinski definition) is 3. The molecule has 0 saturated carbocycles. The molecule has 1 heterocycles. The van der Waals surface area contributed by atoms with Crippen LogP contribution in [0.25, 0.3) is 0 Å². The number of aryl methyl sites for hydroxylation is 2. The van der Waals surface area contributed by atoms with Crippen LogP contribution in [-0.4, -0.2) is 23.1 Å². The van der Waals surface area contributed by atoms with Crippen molar-refractivity contribution in [3.8, 4) is 0 Å². The van der Waals surface area contributed by atoms with Crippen molar-refractivity contribution in [2.24, 2.45) is 12.8 Å². The average Bonchev–Trinajstić information content (AvgIpc) is 2.86. The quantitative estimate of drug-likeness (QED) is 0.893. The van der Waals surface area contributed by atoms with Crippen LogP contribution >= 0.6 is 0 Å². The highest BCUT2D eigenvalue weighted by Crippen LogP contribution is 2.24. The zero-order chi connectivity index (χ0) is 13.8. The molecule has 1 aromatic heterocycles. The third-order valence-corrected chi connectivity index (χ3v) is 3.64. The second-order valence-corrected chi connectivity index (χ2v) is 4.81. The van der Waals surface area contributed by atoms with Gasteiger partial charge in [-0.2, -0.15) is 0 Å². The molecule has 0 aliphatic rings. The molecule has 1 unspecified atom stereocenters. The number of imidazole rings is 1. The van der Waals surface area contributed by atoms with Crippen LogP contribution in [-0.2, 0) is 13.5 Å². The highest BCUT2D eigenvalue weighted by Gasteiger charge is 2.18. The van der Waals surface area contributed by atoms with Gasteiger partial charge < -0.3 is 15.2 Å². The minimum absolute atomic E-state index is 0.139. The van der Waals surface area contributed by atoms with Crippen molar-refractivity contribution < 1.29 is 0 Å². The van der Waals surface area contributed by atoms with Gasteiger partial charge in [0.05, 0.1) is 24.3 Å². The summed E-state index contributed by atoms with van der Waals surface area (Å²) in [6, 6.07) is 8.78. The van der Waals surface area contributed by atoms with Crippen molar-refractivity contribution in [2.45, 2.75) is 19.4 Å². The van der Waals surface area contributed by atoms with E-state index in [1.165, 1.54) is 11.3 Å². The number of hydrogen-bond donors (Lipinski definition) is 1. The van der Waals surface area contributed by atoms with Gasteiger partial charge in [0.25, 0.3) is 0 Å².